The van der Waals surface area contributed by atoms with Crippen LogP contribution in [0.1, 0.15) is 31.0 Å². The van der Waals surface area contributed by atoms with Crippen LogP contribution in [0.25, 0.3) is 16.6 Å². The Morgan fingerprint density at radius 1 is 1.12 bits per heavy atom. The lowest BCUT2D eigenvalue weighted by Crippen LogP contribution is -2.00. The molecule has 0 fully saturated rings. The molecule has 5 heteroatoms. The van der Waals surface area contributed by atoms with Gasteiger partial charge in [-0.15, -0.1) is 0 Å². The van der Waals surface area contributed by atoms with Gasteiger partial charge in [-0.1, -0.05) is 32.0 Å². The third-order valence-corrected chi connectivity index (χ3v) is 3.99. The van der Waals surface area contributed by atoms with Crippen LogP contribution in [0.5, 0.6) is 0 Å². The number of rotatable bonds is 3. The Bertz CT molecular complexity index is 949. The minimum Gasteiger partial charge on any atom is -0.353 e. The first-order valence-electron chi connectivity index (χ1n) is 7.52. The fraction of sp³-hybridized carbons (Fsp3) is 0.158. The Balaban J connectivity index is 2.37. The van der Waals surface area contributed by atoms with Crippen molar-refractivity contribution >= 4 is 19.6 Å². The van der Waals surface area contributed by atoms with Gasteiger partial charge in [0.1, 0.15) is 17.6 Å². The number of hydrogen-bond acceptors (Lipinski definition) is 2. The lowest BCUT2D eigenvalue weighted by atomic mass is 9.99. The lowest BCUT2D eigenvalue weighted by Gasteiger charge is -2.09. The van der Waals surface area contributed by atoms with E-state index in [1.165, 1.54) is 12.1 Å². The summed E-state index contributed by atoms with van der Waals surface area (Å²) >= 11 is 0. The van der Waals surface area contributed by atoms with Gasteiger partial charge in [0.05, 0.1) is 5.52 Å². The van der Waals surface area contributed by atoms with Crippen LogP contribution in [0.4, 0.5) is 4.39 Å². The maximum atomic E-state index is 13.3. The number of fused-ring (bicyclic) bond motifs is 1. The third kappa shape index (κ3) is 2.91. The quantitative estimate of drug-likeness (QED) is 0.471. The van der Waals surface area contributed by atoms with Gasteiger partial charge < -0.3 is 9.09 Å². The van der Waals surface area contributed by atoms with Crippen molar-refractivity contribution < 1.29 is 13.5 Å². The summed E-state index contributed by atoms with van der Waals surface area (Å²) in [6, 6.07) is 14.2. The zero-order valence-corrected chi connectivity index (χ0v) is 14.2. The van der Waals surface area contributed by atoms with Gasteiger partial charge >= 0.3 is 8.69 Å². The second kappa shape index (κ2) is 6.86. The Hall–Kier alpha value is -2.63. The molecular weight excluding hydrogens is 324 g/mol. The number of benzene rings is 2. The topological polar surface area (TPSA) is 31.2 Å². The molecule has 0 bridgehead atoms. The molecule has 0 amide bonds. The largest absolute Gasteiger partial charge is 0.405 e. The Morgan fingerprint density at radius 3 is 2.50 bits per heavy atom. The van der Waals surface area contributed by atoms with Crippen LogP contribution in [0, 0.1) is 17.8 Å². The third-order valence-electron chi connectivity index (χ3n) is 3.83. The van der Waals surface area contributed by atoms with Crippen molar-refractivity contribution in [3.8, 4) is 17.7 Å². The van der Waals surface area contributed by atoms with E-state index in [9.17, 15) is 8.96 Å². The number of nitrogens with zero attached hydrogens (tertiary/aromatic N) is 1. The summed E-state index contributed by atoms with van der Waals surface area (Å²) in [5, 5.41) is 1.08. The van der Waals surface area contributed by atoms with Crippen molar-refractivity contribution in [2.24, 2.45) is 0 Å². The van der Waals surface area contributed by atoms with Gasteiger partial charge in [0.15, 0.2) is 0 Å². The predicted octanol–water partition coefficient (Wildman–Crippen LogP) is 5.43. The van der Waals surface area contributed by atoms with E-state index in [4.69, 9.17) is 0 Å². The first kappa shape index (κ1) is 16.2. The van der Waals surface area contributed by atoms with Crippen LogP contribution in [0.2, 0.25) is 0 Å². The maximum Gasteiger partial charge on any atom is 0.405 e. The van der Waals surface area contributed by atoms with Crippen molar-refractivity contribution in [3.05, 3.63) is 65.6 Å². The fourth-order valence-electron chi connectivity index (χ4n) is 2.92. The minimum atomic E-state index is -0.484. The summed E-state index contributed by atoms with van der Waals surface area (Å²) in [4.78, 5) is 0. The average molecular weight is 339 g/mol. The molecule has 120 valence electrons. The average Bonchev–Trinajstić information content (AvgIpc) is 2.90. The highest BCUT2D eigenvalue weighted by Crippen LogP contribution is 2.34. The summed E-state index contributed by atoms with van der Waals surface area (Å²) in [5.41, 5.74) is 3.62. The van der Waals surface area contributed by atoms with E-state index in [0.717, 1.165) is 27.8 Å². The van der Waals surface area contributed by atoms with Gasteiger partial charge in [-0.25, -0.2) is 8.96 Å². The predicted molar refractivity (Wildman–Crippen MR) is 92.9 cm³/mol. The first-order valence-corrected chi connectivity index (χ1v) is 8.25. The molecule has 0 radical (unpaired) electrons. The number of hydrogen-bond donors (Lipinski definition) is 0. The van der Waals surface area contributed by atoms with Crippen LogP contribution in [0.3, 0.4) is 0 Å². The molecule has 0 atom stereocenters. The van der Waals surface area contributed by atoms with Crippen molar-refractivity contribution in [3.63, 3.8) is 0 Å². The van der Waals surface area contributed by atoms with Crippen molar-refractivity contribution in [1.82, 2.24) is 4.57 Å². The first-order chi connectivity index (χ1) is 11.6. The molecule has 2 aromatic carbocycles. The molecule has 0 N–H and O–H groups in total. The molecule has 0 aliphatic heterocycles. The zero-order chi connectivity index (χ0) is 17.1. The van der Waals surface area contributed by atoms with E-state index in [1.807, 2.05) is 28.8 Å². The fourth-order valence-corrected chi connectivity index (χ4v) is 3.00. The summed E-state index contributed by atoms with van der Waals surface area (Å²) < 4.78 is 30.4. The maximum absolute atomic E-state index is 13.3. The molecule has 0 spiro atoms. The molecule has 0 saturated heterocycles. The molecule has 1 aromatic heterocycles. The Labute approximate surface area is 141 Å². The highest BCUT2D eigenvalue weighted by Gasteiger charge is 2.19. The summed E-state index contributed by atoms with van der Waals surface area (Å²) in [6.45, 7) is 4.18. The molecule has 24 heavy (non-hydrogen) atoms. The number of aromatic nitrogens is 1. The van der Waals surface area contributed by atoms with Gasteiger partial charge in [-0.3, -0.25) is 0 Å². The monoisotopic (exact) mass is 339 g/mol. The highest BCUT2D eigenvalue weighted by atomic mass is 31.1. The van der Waals surface area contributed by atoms with Crippen LogP contribution < -0.4 is 0 Å². The SMILES string of the molecule is CC(C)c1c(C#COP=O)n(-c2ccc(F)cc2)c2ccccc12. The normalized spacial score (nSPS) is 10.8. The molecule has 0 saturated carbocycles. The molecular formula is C19H15FNO2P. The summed E-state index contributed by atoms with van der Waals surface area (Å²) in [6.07, 6.45) is 2.46. The van der Waals surface area contributed by atoms with Gasteiger partial charge in [0.2, 0.25) is 0 Å². The van der Waals surface area contributed by atoms with E-state index in [-0.39, 0.29) is 11.7 Å². The molecule has 3 nitrogen and oxygen atoms in total. The molecule has 0 aliphatic carbocycles. The van der Waals surface area contributed by atoms with Crippen LogP contribution in [0.15, 0.2) is 48.5 Å². The molecule has 3 aromatic rings. The van der Waals surface area contributed by atoms with Crippen molar-refractivity contribution in [2.75, 3.05) is 0 Å². The molecule has 0 unspecified atom stereocenters. The zero-order valence-electron chi connectivity index (χ0n) is 13.3. The smallest absolute Gasteiger partial charge is 0.353 e. The molecule has 0 aliphatic rings. The lowest BCUT2D eigenvalue weighted by molar-refractivity contribution is 0.506. The summed E-state index contributed by atoms with van der Waals surface area (Å²) in [7, 11) is -0.484. The van der Waals surface area contributed by atoms with Crippen LogP contribution in [-0.2, 0) is 9.09 Å². The van der Waals surface area contributed by atoms with Crippen LogP contribution >= 0.6 is 8.69 Å². The molecule has 3 rings (SSSR count). The Morgan fingerprint density at radius 2 is 1.83 bits per heavy atom. The second-order valence-electron chi connectivity index (χ2n) is 5.64. The van der Waals surface area contributed by atoms with E-state index >= 15 is 0 Å². The van der Waals surface area contributed by atoms with E-state index in [2.05, 4.69) is 30.4 Å². The highest BCUT2D eigenvalue weighted by molar-refractivity contribution is 7.17. The van der Waals surface area contributed by atoms with E-state index in [0.29, 0.717) is 0 Å². The van der Waals surface area contributed by atoms with Gasteiger partial charge in [0.25, 0.3) is 0 Å². The van der Waals surface area contributed by atoms with E-state index < -0.39 is 8.69 Å². The van der Waals surface area contributed by atoms with Gasteiger partial charge in [-0.2, -0.15) is 0 Å². The second-order valence-corrected chi connectivity index (χ2v) is 5.97. The van der Waals surface area contributed by atoms with Crippen molar-refractivity contribution in [1.29, 1.82) is 0 Å². The van der Waals surface area contributed by atoms with Gasteiger partial charge in [-0.05, 0) is 47.7 Å². The molecule has 1 heterocycles. The Kier molecular flexibility index (Phi) is 4.64. The van der Waals surface area contributed by atoms with E-state index in [1.54, 1.807) is 12.1 Å². The minimum absolute atomic E-state index is 0.228. The van der Waals surface area contributed by atoms with Crippen LogP contribution in [-0.4, -0.2) is 4.57 Å². The van der Waals surface area contributed by atoms with Crippen molar-refractivity contribution in [2.45, 2.75) is 19.8 Å². The summed E-state index contributed by atoms with van der Waals surface area (Å²) in [5.74, 6) is 2.89. The number of halogens is 1. The standard InChI is InChI=1S/C19H15FNO2P/c1-13(2)19-16-5-3-4-6-17(16)21(18(19)11-12-23-24-22)15-9-7-14(20)8-10-15/h3-10,13H,1-2H3. The number of para-hydroxylation sites is 1. The van der Waals surface area contributed by atoms with Gasteiger partial charge in [0, 0.05) is 11.1 Å².